The van der Waals surface area contributed by atoms with E-state index in [1.807, 2.05) is 6.07 Å². The Labute approximate surface area is 147 Å². The van der Waals surface area contributed by atoms with Crippen molar-refractivity contribution in [1.82, 2.24) is 5.32 Å². The SMILES string of the molecule is NC(=O)C(Cc1ccccc1)NC(=O)c1cc(Cl)c(O)c(Cl)c1O. The molecular formula is C16H14Cl2N2O4. The van der Waals surface area contributed by atoms with E-state index in [0.29, 0.717) is 0 Å². The number of hydrogen-bond acceptors (Lipinski definition) is 4. The Morgan fingerprint density at radius 1 is 1.12 bits per heavy atom. The van der Waals surface area contributed by atoms with Gasteiger partial charge in [0.25, 0.3) is 5.91 Å². The molecule has 0 aromatic heterocycles. The lowest BCUT2D eigenvalue weighted by molar-refractivity contribution is -0.119. The number of hydrogen-bond donors (Lipinski definition) is 4. The Morgan fingerprint density at radius 2 is 1.75 bits per heavy atom. The summed E-state index contributed by atoms with van der Waals surface area (Å²) in [6.07, 6.45) is 0.183. The molecular weight excluding hydrogens is 355 g/mol. The number of carbonyl (C=O) groups is 2. The maximum absolute atomic E-state index is 12.3. The van der Waals surface area contributed by atoms with Crippen molar-refractivity contribution >= 4 is 35.0 Å². The molecule has 5 N–H and O–H groups in total. The Kier molecular flexibility index (Phi) is 5.54. The van der Waals surface area contributed by atoms with Crippen LogP contribution in [0.1, 0.15) is 15.9 Å². The van der Waals surface area contributed by atoms with Crippen LogP contribution in [0.4, 0.5) is 0 Å². The summed E-state index contributed by atoms with van der Waals surface area (Å²) in [5, 5.41) is 21.2. The van der Waals surface area contributed by atoms with Gasteiger partial charge in [0, 0.05) is 6.42 Å². The number of amides is 2. The highest BCUT2D eigenvalue weighted by Crippen LogP contribution is 2.40. The predicted molar refractivity (Wildman–Crippen MR) is 90.4 cm³/mol. The summed E-state index contributed by atoms with van der Waals surface area (Å²) in [5.74, 6) is -2.71. The van der Waals surface area contributed by atoms with Gasteiger partial charge < -0.3 is 21.3 Å². The van der Waals surface area contributed by atoms with E-state index < -0.39 is 34.4 Å². The van der Waals surface area contributed by atoms with Crippen LogP contribution in [0.2, 0.25) is 10.0 Å². The zero-order chi connectivity index (χ0) is 17.9. The number of aromatic hydroxyl groups is 2. The molecule has 0 aliphatic carbocycles. The van der Waals surface area contributed by atoms with E-state index >= 15 is 0 Å². The number of nitrogens with two attached hydrogens (primary N) is 1. The lowest BCUT2D eigenvalue weighted by atomic mass is 10.0. The molecule has 1 atom stereocenters. The Balaban J connectivity index is 2.24. The molecule has 126 valence electrons. The lowest BCUT2D eigenvalue weighted by Gasteiger charge is -2.17. The third kappa shape index (κ3) is 3.90. The van der Waals surface area contributed by atoms with Gasteiger partial charge in [0.15, 0.2) is 11.5 Å². The van der Waals surface area contributed by atoms with Crippen LogP contribution < -0.4 is 11.1 Å². The van der Waals surface area contributed by atoms with E-state index in [9.17, 15) is 19.8 Å². The summed E-state index contributed by atoms with van der Waals surface area (Å²) in [4.78, 5) is 23.9. The molecule has 0 aliphatic rings. The molecule has 0 spiro atoms. The first-order valence-corrected chi connectivity index (χ1v) is 7.61. The molecule has 1 unspecified atom stereocenters. The fourth-order valence-electron chi connectivity index (χ4n) is 2.08. The summed E-state index contributed by atoms with van der Waals surface area (Å²) in [5.41, 5.74) is 5.85. The minimum Gasteiger partial charge on any atom is -0.505 e. The first-order chi connectivity index (χ1) is 11.3. The number of carbonyl (C=O) groups excluding carboxylic acids is 2. The highest BCUT2D eigenvalue weighted by molar-refractivity contribution is 6.38. The Morgan fingerprint density at radius 3 is 2.33 bits per heavy atom. The summed E-state index contributed by atoms with van der Waals surface area (Å²) in [6.45, 7) is 0. The number of phenolic OH excluding ortho intramolecular Hbond substituents is 2. The largest absolute Gasteiger partial charge is 0.505 e. The fourth-order valence-corrected chi connectivity index (χ4v) is 2.54. The molecule has 2 rings (SSSR count). The molecule has 2 aromatic rings. The minimum atomic E-state index is -0.995. The molecule has 0 heterocycles. The monoisotopic (exact) mass is 368 g/mol. The van der Waals surface area contributed by atoms with Crippen LogP contribution in [-0.2, 0) is 11.2 Å². The Hall–Kier alpha value is -2.44. The first-order valence-electron chi connectivity index (χ1n) is 6.85. The maximum atomic E-state index is 12.3. The average Bonchev–Trinajstić information content (AvgIpc) is 2.56. The van der Waals surface area contributed by atoms with Crippen molar-refractivity contribution in [3.8, 4) is 11.5 Å². The van der Waals surface area contributed by atoms with Gasteiger partial charge >= 0.3 is 0 Å². The molecule has 2 amide bonds. The smallest absolute Gasteiger partial charge is 0.255 e. The molecule has 6 nitrogen and oxygen atoms in total. The van der Waals surface area contributed by atoms with Gasteiger partial charge in [0.2, 0.25) is 5.91 Å². The van der Waals surface area contributed by atoms with Crippen LogP contribution in [0.15, 0.2) is 36.4 Å². The normalized spacial score (nSPS) is 11.8. The molecule has 0 aliphatic heterocycles. The van der Waals surface area contributed by atoms with E-state index in [1.54, 1.807) is 24.3 Å². The Bertz CT molecular complexity index is 781. The molecule has 0 bridgehead atoms. The van der Waals surface area contributed by atoms with Gasteiger partial charge in [-0.1, -0.05) is 53.5 Å². The van der Waals surface area contributed by atoms with Gasteiger partial charge in [-0.2, -0.15) is 0 Å². The number of primary amides is 1. The zero-order valence-electron chi connectivity index (χ0n) is 12.3. The van der Waals surface area contributed by atoms with E-state index in [1.165, 1.54) is 0 Å². The zero-order valence-corrected chi connectivity index (χ0v) is 13.8. The second kappa shape index (κ2) is 7.42. The summed E-state index contributed by atoms with van der Waals surface area (Å²) in [7, 11) is 0. The number of halogens is 2. The van der Waals surface area contributed by atoms with E-state index in [0.717, 1.165) is 11.6 Å². The quantitative estimate of drug-likeness (QED) is 0.647. The van der Waals surface area contributed by atoms with Gasteiger partial charge in [-0.25, -0.2) is 0 Å². The molecule has 0 radical (unpaired) electrons. The maximum Gasteiger partial charge on any atom is 0.255 e. The van der Waals surface area contributed by atoms with Crippen LogP contribution in [0.3, 0.4) is 0 Å². The first kappa shape index (κ1) is 17.9. The van der Waals surface area contributed by atoms with Crippen molar-refractivity contribution < 1.29 is 19.8 Å². The van der Waals surface area contributed by atoms with Crippen LogP contribution in [-0.4, -0.2) is 28.1 Å². The van der Waals surface area contributed by atoms with E-state index in [2.05, 4.69) is 5.32 Å². The van der Waals surface area contributed by atoms with Crippen LogP contribution in [0.5, 0.6) is 11.5 Å². The van der Waals surface area contributed by atoms with Crippen LogP contribution in [0, 0.1) is 0 Å². The minimum absolute atomic E-state index is 0.183. The van der Waals surface area contributed by atoms with Crippen molar-refractivity contribution in [2.24, 2.45) is 5.73 Å². The van der Waals surface area contributed by atoms with Gasteiger partial charge in [0.05, 0.1) is 10.6 Å². The van der Waals surface area contributed by atoms with Gasteiger partial charge in [-0.15, -0.1) is 0 Å². The molecule has 2 aromatic carbocycles. The summed E-state index contributed by atoms with van der Waals surface area (Å²) >= 11 is 11.5. The number of benzene rings is 2. The summed E-state index contributed by atoms with van der Waals surface area (Å²) in [6, 6.07) is 9.03. The van der Waals surface area contributed by atoms with Crippen LogP contribution in [0.25, 0.3) is 0 Å². The molecule has 0 saturated carbocycles. The number of rotatable bonds is 5. The third-order valence-corrected chi connectivity index (χ3v) is 3.99. The topological polar surface area (TPSA) is 113 Å². The van der Waals surface area contributed by atoms with Crippen molar-refractivity contribution in [1.29, 1.82) is 0 Å². The highest BCUT2D eigenvalue weighted by atomic mass is 35.5. The number of nitrogens with one attached hydrogen (secondary N) is 1. The van der Waals surface area contributed by atoms with Crippen LogP contribution >= 0.6 is 23.2 Å². The second-order valence-electron chi connectivity index (χ2n) is 5.04. The van der Waals surface area contributed by atoms with E-state index in [-0.39, 0.29) is 17.0 Å². The third-order valence-electron chi connectivity index (χ3n) is 3.34. The fraction of sp³-hybridized carbons (Fsp3) is 0.125. The van der Waals surface area contributed by atoms with Gasteiger partial charge in [0.1, 0.15) is 11.1 Å². The molecule has 8 heteroatoms. The van der Waals surface area contributed by atoms with Crippen molar-refractivity contribution in [2.45, 2.75) is 12.5 Å². The van der Waals surface area contributed by atoms with Crippen molar-refractivity contribution in [3.63, 3.8) is 0 Å². The number of phenols is 2. The lowest BCUT2D eigenvalue weighted by Crippen LogP contribution is -2.45. The predicted octanol–water partition coefficient (Wildman–Crippen LogP) is 2.23. The van der Waals surface area contributed by atoms with Crippen molar-refractivity contribution in [2.75, 3.05) is 0 Å². The standard InChI is InChI=1S/C16H14Cl2N2O4/c17-10-7-9(13(21)12(18)14(10)22)16(24)20-11(15(19)23)6-8-4-2-1-3-5-8/h1-5,7,11,21-22H,6H2,(H2,19,23)(H,20,24). The molecule has 0 saturated heterocycles. The summed E-state index contributed by atoms with van der Waals surface area (Å²) < 4.78 is 0. The van der Waals surface area contributed by atoms with Crippen molar-refractivity contribution in [3.05, 3.63) is 57.6 Å². The molecule has 24 heavy (non-hydrogen) atoms. The molecule has 0 fully saturated rings. The van der Waals surface area contributed by atoms with Gasteiger partial charge in [-0.05, 0) is 11.6 Å². The van der Waals surface area contributed by atoms with Gasteiger partial charge in [-0.3, -0.25) is 9.59 Å². The second-order valence-corrected chi connectivity index (χ2v) is 5.82. The average molecular weight is 369 g/mol. The van der Waals surface area contributed by atoms with E-state index in [4.69, 9.17) is 28.9 Å². The highest BCUT2D eigenvalue weighted by Gasteiger charge is 2.24.